The van der Waals surface area contributed by atoms with Gasteiger partial charge in [-0.05, 0) is 37.1 Å². The van der Waals surface area contributed by atoms with Gasteiger partial charge in [0, 0.05) is 50.2 Å². The smallest absolute Gasteiger partial charge is 0.274 e. The third-order valence-corrected chi connectivity index (χ3v) is 5.05. The van der Waals surface area contributed by atoms with Crippen molar-refractivity contribution in [1.82, 2.24) is 9.97 Å². The molecule has 0 atom stereocenters. The molecule has 0 unspecified atom stereocenters. The number of benzene rings is 2. The maximum Gasteiger partial charge on any atom is 0.274 e. The molecule has 0 aliphatic carbocycles. The molecule has 1 saturated heterocycles. The van der Waals surface area contributed by atoms with E-state index in [-0.39, 0.29) is 5.91 Å². The van der Waals surface area contributed by atoms with Crippen LogP contribution in [-0.2, 0) is 0 Å². The fourth-order valence-corrected chi connectivity index (χ4v) is 3.41. The van der Waals surface area contributed by atoms with Crippen molar-refractivity contribution in [2.45, 2.75) is 12.8 Å². The topological polar surface area (TPSA) is 61.4 Å². The molecule has 0 radical (unpaired) electrons. The van der Waals surface area contributed by atoms with Crippen LogP contribution in [0.15, 0.2) is 60.7 Å². The summed E-state index contributed by atoms with van der Waals surface area (Å²) in [5.74, 6) is 1.15. The zero-order valence-electron chi connectivity index (χ0n) is 16.8. The number of nitrogens with one attached hydrogen (secondary N) is 1. The Morgan fingerprint density at radius 3 is 2.31 bits per heavy atom. The summed E-state index contributed by atoms with van der Waals surface area (Å²) >= 11 is 0. The Hall–Kier alpha value is -3.41. The minimum atomic E-state index is -0.234. The lowest BCUT2D eigenvalue weighted by Gasteiger charge is -2.18. The monoisotopic (exact) mass is 387 g/mol. The van der Waals surface area contributed by atoms with Crippen molar-refractivity contribution >= 4 is 23.1 Å². The predicted octanol–water partition coefficient (Wildman–Crippen LogP) is 4.06. The van der Waals surface area contributed by atoms with Crippen LogP contribution in [0.5, 0.6) is 0 Å². The molecule has 1 aromatic heterocycles. The molecule has 6 nitrogen and oxygen atoms in total. The largest absolute Gasteiger partial charge is 0.378 e. The van der Waals surface area contributed by atoms with Crippen LogP contribution in [0.4, 0.5) is 17.2 Å². The van der Waals surface area contributed by atoms with Gasteiger partial charge in [0.1, 0.15) is 11.5 Å². The van der Waals surface area contributed by atoms with Gasteiger partial charge in [0.25, 0.3) is 5.91 Å². The zero-order valence-corrected chi connectivity index (χ0v) is 16.8. The Morgan fingerprint density at radius 1 is 0.966 bits per heavy atom. The van der Waals surface area contributed by atoms with Gasteiger partial charge in [-0.1, -0.05) is 30.3 Å². The summed E-state index contributed by atoms with van der Waals surface area (Å²) in [7, 11) is 3.97. The average molecular weight is 387 g/mol. The Labute approximate surface area is 171 Å². The number of anilines is 3. The van der Waals surface area contributed by atoms with Gasteiger partial charge in [-0.25, -0.2) is 9.97 Å². The first-order valence-electron chi connectivity index (χ1n) is 9.88. The van der Waals surface area contributed by atoms with Gasteiger partial charge in [0.2, 0.25) is 0 Å². The van der Waals surface area contributed by atoms with Gasteiger partial charge in [0.15, 0.2) is 5.82 Å². The molecule has 4 rings (SSSR count). The van der Waals surface area contributed by atoms with Gasteiger partial charge >= 0.3 is 0 Å². The van der Waals surface area contributed by atoms with Crippen LogP contribution in [-0.4, -0.2) is 43.1 Å². The third kappa shape index (κ3) is 4.37. The van der Waals surface area contributed by atoms with Crippen molar-refractivity contribution < 1.29 is 4.79 Å². The summed E-state index contributed by atoms with van der Waals surface area (Å²) in [6.07, 6.45) is 2.29. The second-order valence-corrected chi connectivity index (χ2v) is 7.39. The van der Waals surface area contributed by atoms with Crippen LogP contribution < -0.4 is 15.1 Å². The van der Waals surface area contributed by atoms with Gasteiger partial charge in [-0.3, -0.25) is 4.79 Å². The molecule has 1 aliphatic rings. The number of carbonyl (C=O) groups is 1. The fraction of sp³-hybridized carbons (Fsp3) is 0.261. The summed E-state index contributed by atoms with van der Waals surface area (Å²) in [5, 5.41) is 2.95. The van der Waals surface area contributed by atoms with E-state index in [1.165, 1.54) is 0 Å². The van der Waals surface area contributed by atoms with E-state index < -0.39 is 0 Å². The van der Waals surface area contributed by atoms with Gasteiger partial charge < -0.3 is 15.1 Å². The number of hydrogen-bond donors (Lipinski definition) is 1. The molecule has 29 heavy (non-hydrogen) atoms. The van der Waals surface area contributed by atoms with Crippen molar-refractivity contribution in [2.75, 3.05) is 42.3 Å². The minimum Gasteiger partial charge on any atom is -0.378 e. The lowest BCUT2D eigenvalue weighted by molar-refractivity contribution is 0.102. The maximum atomic E-state index is 13.0. The van der Waals surface area contributed by atoms with E-state index in [0.717, 1.165) is 48.7 Å². The van der Waals surface area contributed by atoms with Gasteiger partial charge in [-0.2, -0.15) is 0 Å². The van der Waals surface area contributed by atoms with Crippen LogP contribution >= 0.6 is 0 Å². The molecule has 0 bridgehead atoms. The highest BCUT2D eigenvalue weighted by Crippen LogP contribution is 2.24. The lowest BCUT2D eigenvalue weighted by atomic mass is 10.2. The van der Waals surface area contributed by atoms with Gasteiger partial charge in [0.05, 0.1) is 0 Å². The second kappa shape index (κ2) is 8.31. The van der Waals surface area contributed by atoms with E-state index in [9.17, 15) is 4.79 Å². The molecule has 1 aliphatic heterocycles. The number of carbonyl (C=O) groups excluding carboxylic acids is 1. The normalized spacial score (nSPS) is 13.4. The Kier molecular flexibility index (Phi) is 5.42. The predicted molar refractivity (Wildman–Crippen MR) is 118 cm³/mol. The number of hydrogen-bond acceptors (Lipinski definition) is 5. The fourth-order valence-electron chi connectivity index (χ4n) is 3.41. The molecular weight excluding hydrogens is 362 g/mol. The van der Waals surface area contributed by atoms with Crippen LogP contribution in [0, 0.1) is 0 Å². The molecule has 6 heteroatoms. The summed E-state index contributed by atoms with van der Waals surface area (Å²) in [5.41, 5.74) is 3.09. The highest BCUT2D eigenvalue weighted by Gasteiger charge is 2.19. The average Bonchev–Trinajstić information content (AvgIpc) is 3.29. The lowest BCUT2D eigenvalue weighted by Crippen LogP contribution is -2.22. The first-order chi connectivity index (χ1) is 14.1. The summed E-state index contributed by atoms with van der Waals surface area (Å²) < 4.78 is 0. The number of amides is 1. The molecule has 2 aromatic carbocycles. The highest BCUT2D eigenvalue weighted by molar-refractivity contribution is 6.03. The van der Waals surface area contributed by atoms with Crippen molar-refractivity contribution in [3.63, 3.8) is 0 Å². The van der Waals surface area contributed by atoms with Crippen LogP contribution in [0.2, 0.25) is 0 Å². The van der Waals surface area contributed by atoms with E-state index >= 15 is 0 Å². The van der Waals surface area contributed by atoms with Crippen LogP contribution in [0.3, 0.4) is 0 Å². The standard InChI is InChI=1S/C23H25N5O/c1-27(2)19-12-10-18(11-13-19)24-23(29)20-16-21(28-14-6-7-15-28)26-22(25-20)17-8-4-3-5-9-17/h3-5,8-13,16H,6-7,14-15H2,1-2H3,(H,24,29). The number of rotatable bonds is 5. The summed E-state index contributed by atoms with van der Waals surface area (Å²) in [4.78, 5) is 26.5. The number of nitrogens with zero attached hydrogens (tertiary/aromatic N) is 4. The quantitative estimate of drug-likeness (QED) is 0.715. The Bertz CT molecular complexity index is 980. The molecule has 148 valence electrons. The second-order valence-electron chi connectivity index (χ2n) is 7.39. The van der Waals surface area contributed by atoms with Crippen LogP contribution in [0.25, 0.3) is 11.4 Å². The van der Waals surface area contributed by atoms with E-state index in [0.29, 0.717) is 11.5 Å². The van der Waals surface area contributed by atoms with E-state index in [4.69, 9.17) is 4.98 Å². The molecule has 2 heterocycles. The van der Waals surface area contributed by atoms with Crippen LogP contribution in [0.1, 0.15) is 23.3 Å². The minimum absolute atomic E-state index is 0.234. The molecule has 0 saturated carbocycles. The van der Waals surface area contributed by atoms with Crippen molar-refractivity contribution in [1.29, 1.82) is 0 Å². The maximum absolute atomic E-state index is 13.0. The zero-order chi connectivity index (χ0) is 20.2. The first-order valence-corrected chi connectivity index (χ1v) is 9.88. The van der Waals surface area contributed by atoms with Crippen molar-refractivity contribution in [3.8, 4) is 11.4 Å². The summed E-state index contributed by atoms with van der Waals surface area (Å²) in [6, 6.07) is 19.3. The SMILES string of the molecule is CN(C)c1ccc(NC(=O)c2cc(N3CCCC3)nc(-c3ccccc3)n2)cc1. The highest BCUT2D eigenvalue weighted by atomic mass is 16.1. The van der Waals surface area contributed by atoms with E-state index in [2.05, 4.69) is 15.2 Å². The Morgan fingerprint density at radius 2 is 1.66 bits per heavy atom. The Balaban J connectivity index is 1.64. The van der Waals surface area contributed by atoms with E-state index in [1.54, 1.807) is 6.07 Å². The molecular formula is C23H25N5O. The molecule has 1 N–H and O–H groups in total. The molecule has 1 fully saturated rings. The van der Waals surface area contributed by atoms with Gasteiger partial charge in [-0.15, -0.1) is 0 Å². The first kappa shape index (κ1) is 18.9. The van der Waals surface area contributed by atoms with E-state index in [1.807, 2.05) is 73.6 Å². The molecule has 3 aromatic rings. The van der Waals surface area contributed by atoms with Crippen molar-refractivity contribution in [2.24, 2.45) is 0 Å². The number of aromatic nitrogens is 2. The summed E-state index contributed by atoms with van der Waals surface area (Å²) in [6.45, 7) is 1.91. The third-order valence-electron chi connectivity index (χ3n) is 5.05. The molecule has 1 amide bonds. The molecule has 0 spiro atoms. The van der Waals surface area contributed by atoms with Crippen molar-refractivity contribution in [3.05, 3.63) is 66.4 Å².